The number of carbonyl (C=O) groups is 1. The lowest BCUT2D eigenvalue weighted by molar-refractivity contribution is -0.379. The number of ether oxygens (including phenoxy) is 6. The van der Waals surface area contributed by atoms with Gasteiger partial charge in [-0.25, -0.2) is 0 Å². The van der Waals surface area contributed by atoms with E-state index in [0.717, 1.165) is 44.9 Å². The third kappa shape index (κ3) is 14.7. The molecular weight excluding hydrogens is 770 g/mol. The van der Waals surface area contributed by atoms with Crippen LogP contribution in [0, 0.1) is 0 Å². The number of aliphatic hydroxyl groups excluding tert-OH is 11. The first-order valence-corrected chi connectivity index (χ1v) is 20.6. The summed E-state index contributed by atoms with van der Waals surface area (Å²) in [5.74, 6) is -0.311. The van der Waals surface area contributed by atoms with Crippen molar-refractivity contribution in [3.63, 3.8) is 0 Å². The lowest BCUT2D eigenvalue weighted by Gasteiger charge is -2.48. The van der Waals surface area contributed by atoms with Gasteiger partial charge in [-0.15, -0.1) is 0 Å². The van der Waals surface area contributed by atoms with E-state index in [9.17, 15) is 61.0 Å². The Morgan fingerprint density at radius 3 is 1.69 bits per heavy atom. The van der Waals surface area contributed by atoms with E-state index >= 15 is 0 Å². The average molecular weight is 840 g/mol. The van der Waals surface area contributed by atoms with Gasteiger partial charge < -0.3 is 89.9 Å². The summed E-state index contributed by atoms with van der Waals surface area (Å²) >= 11 is 0. The van der Waals surface area contributed by atoms with Crippen LogP contribution in [0.4, 0.5) is 0 Å². The summed E-state index contributed by atoms with van der Waals surface area (Å²) in [5.41, 5.74) is 0. The molecule has 17 atom stereocenters. The quantitative estimate of drug-likeness (QED) is 0.0341. The number of rotatable bonds is 25. The Kier molecular flexibility index (Phi) is 23.2. The molecule has 3 heterocycles. The topological polar surface area (TPSA) is 307 Å². The van der Waals surface area contributed by atoms with Gasteiger partial charge in [-0.2, -0.15) is 0 Å². The molecule has 0 aromatic heterocycles. The summed E-state index contributed by atoms with van der Waals surface area (Å²) in [4.78, 5) is 12.8. The number of hydrogen-bond acceptors (Lipinski definition) is 18. The molecule has 0 radical (unpaired) electrons. The van der Waals surface area contributed by atoms with Crippen LogP contribution in [0.1, 0.15) is 84.5 Å². The van der Waals surface area contributed by atoms with Crippen molar-refractivity contribution in [2.75, 3.05) is 26.4 Å². The molecular formula is C39H69NO18. The van der Waals surface area contributed by atoms with Crippen LogP contribution in [-0.2, 0) is 33.2 Å². The molecule has 0 saturated carbocycles. The highest BCUT2D eigenvalue weighted by atomic mass is 16.8. The zero-order chi connectivity index (χ0) is 42.8. The summed E-state index contributed by atoms with van der Waals surface area (Å²) in [6.45, 7) is 1.41. The van der Waals surface area contributed by atoms with E-state index in [1.54, 1.807) is 12.2 Å². The van der Waals surface area contributed by atoms with Gasteiger partial charge in [0, 0.05) is 6.42 Å². The molecule has 3 saturated heterocycles. The second-order valence-electron chi connectivity index (χ2n) is 15.1. The Balaban J connectivity index is 1.64. The average Bonchev–Trinajstić information content (AvgIpc) is 3.22. The number of amides is 1. The number of allylic oxidation sites excluding steroid dienone is 3. The van der Waals surface area contributed by atoms with Gasteiger partial charge in [0.25, 0.3) is 0 Å². The lowest BCUT2D eigenvalue weighted by Crippen LogP contribution is -2.66. The zero-order valence-electron chi connectivity index (χ0n) is 33.5. The molecule has 0 aliphatic carbocycles. The van der Waals surface area contributed by atoms with E-state index in [-0.39, 0.29) is 18.9 Å². The van der Waals surface area contributed by atoms with Gasteiger partial charge in [0.2, 0.25) is 5.91 Å². The predicted octanol–water partition coefficient (Wildman–Crippen LogP) is -2.26. The summed E-state index contributed by atoms with van der Waals surface area (Å²) in [6.07, 6.45) is -9.65. The van der Waals surface area contributed by atoms with E-state index in [0.29, 0.717) is 12.8 Å². The molecule has 3 rings (SSSR count). The van der Waals surface area contributed by atoms with Gasteiger partial charge in [-0.1, -0.05) is 70.3 Å². The molecule has 12 N–H and O–H groups in total. The SMILES string of the molecule is CCCCC/C=C/CC/C=C/C(O)C(COC1OC(CO)C(OC2OC(CO)C(OC3OC(CO)C(O)C(O)C3O)C(O)C2O)C(O)C1O)NC(=O)CCCCCC. The normalized spacial score (nSPS) is 37.0. The summed E-state index contributed by atoms with van der Waals surface area (Å²) in [5, 5.41) is 118. The Hall–Kier alpha value is -1.73. The minimum absolute atomic E-state index is 0.226. The van der Waals surface area contributed by atoms with Crippen LogP contribution in [0.2, 0.25) is 0 Å². The van der Waals surface area contributed by atoms with Crippen molar-refractivity contribution in [3.8, 4) is 0 Å². The number of aliphatic hydroxyl groups is 11. The fourth-order valence-corrected chi connectivity index (χ4v) is 6.91. The summed E-state index contributed by atoms with van der Waals surface area (Å²) in [6, 6.07) is -0.977. The van der Waals surface area contributed by atoms with E-state index in [2.05, 4.69) is 31.3 Å². The Morgan fingerprint density at radius 2 is 1.10 bits per heavy atom. The van der Waals surface area contributed by atoms with Crippen molar-refractivity contribution in [3.05, 3.63) is 24.3 Å². The second kappa shape index (κ2) is 26.6. The van der Waals surface area contributed by atoms with Crippen molar-refractivity contribution in [2.24, 2.45) is 0 Å². The van der Waals surface area contributed by atoms with Crippen LogP contribution in [0.25, 0.3) is 0 Å². The maximum Gasteiger partial charge on any atom is 0.220 e. The Bertz CT molecular complexity index is 1190. The van der Waals surface area contributed by atoms with Crippen LogP contribution < -0.4 is 5.32 Å². The zero-order valence-corrected chi connectivity index (χ0v) is 33.5. The van der Waals surface area contributed by atoms with Crippen LogP contribution in [0.15, 0.2) is 24.3 Å². The summed E-state index contributed by atoms with van der Waals surface area (Å²) in [7, 11) is 0. The van der Waals surface area contributed by atoms with Crippen molar-refractivity contribution in [1.82, 2.24) is 5.32 Å². The predicted molar refractivity (Wildman–Crippen MR) is 203 cm³/mol. The minimum Gasteiger partial charge on any atom is -0.394 e. The van der Waals surface area contributed by atoms with Gasteiger partial charge >= 0.3 is 0 Å². The highest BCUT2D eigenvalue weighted by molar-refractivity contribution is 5.76. The first-order chi connectivity index (χ1) is 27.8. The fourth-order valence-electron chi connectivity index (χ4n) is 6.91. The molecule has 17 unspecified atom stereocenters. The second-order valence-corrected chi connectivity index (χ2v) is 15.1. The van der Waals surface area contributed by atoms with E-state index in [4.69, 9.17) is 28.4 Å². The molecule has 19 nitrogen and oxygen atoms in total. The van der Waals surface area contributed by atoms with E-state index in [1.165, 1.54) is 6.42 Å². The lowest BCUT2D eigenvalue weighted by atomic mass is 9.96. The molecule has 3 fully saturated rings. The van der Waals surface area contributed by atoms with E-state index in [1.807, 2.05) is 0 Å². The Labute approximate surface area is 339 Å². The maximum absolute atomic E-state index is 12.8. The van der Waals surface area contributed by atoms with Crippen LogP contribution >= 0.6 is 0 Å². The fraction of sp³-hybridized carbons (Fsp3) is 0.872. The molecule has 1 amide bonds. The minimum atomic E-state index is -1.97. The molecule has 3 aliphatic heterocycles. The molecule has 0 bridgehead atoms. The smallest absolute Gasteiger partial charge is 0.220 e. The first-order valence-electron chi connectivity index (χ1n) is 20.6. The highest BCUT2D eigenvalue weighted by Gasteiger charge is 2.53. The van der Waals surface area contributed by atoms with Crippen molar-refractivity contribution >= 4 is 5.91 Å². The molecule has 19 heteroatoms. The molecule has 0 aromatic rings. The number of hydrogen-bond donors (Lipinski definition) is 12. The van der Waals surface area contributed by atoms with Gasteiger partial charge in [-0.3, -0.25) is 4.79 Å². The van der Waals surface area contributed by atoms with Crippen molar-refractivity contribution < 1.29 is 89.4 Å². The number of unbranched alkanes of at least 4 members (excludes halogenated alkanes) is 7. The maximum atomic E-state index is 12.8. The largest absolute Gasteiger partial charge is 0.394 e. The third-order valence-electron chi connectivity index (χ3n) is 10.5. The monoisotopic (exact) mass is 839 g/mol. The van der Waals surface area contributed by atoms with Crippen LogP contribution in [0.3, 0.4) is 0 Å². The van der Waals surface area contributed by atoms with Gasteiger partial charge in [-0.05, 0) is 32.1 Å². The standard InChI is InChI=1S/C39H69NO18/c1-3-5-7-9-10-11-12-13-14-16-23(44)22(40-27(45)17-15-8-6-4-2)21-53-37-33(51)30(48)35(25(19-42)55-37)58-39-34(52)31(49)36(26(20-43)56-39)57-38-32(50)29(47)28(46)24(18-41)54-38/h10-11,14,16,22-26,28-39,41-44,46-52H,3-9,12-13,15,17-21H2,1-2H3,(H,40,45)/b11-10+,16-14+. The van der Waals surface area contributed by atoms with Crippen molar-refractivity contribution in [1.29, 1.82) is 0 Å². The van der Waals surface area contributed by atoms with Gasteiger partial charge in [0.15, 0.2) is 18.9 Å². The van der Waals surface area contributed by atoms with E-state index < -0.39 is 124 Å². The number of nitrogens with one attached hydrogen (secondary N) is 1. The first kappa shape index (κ1) is 50.6. The molecule has 58 heavy (non-hydrogen) atoms. The van der Waals surface area contributed by atoms with Gasteiger partial charge in [0.05, 0.1) is 38.6 Å². The molecule has 0 aromatic carbocycles. The number of carbonyl (C=O) groups excluding carboxylic acids is 1. The third-order valence-corrected chi connectivity index (χ3v) is 10.5. The van der Waals surface area contributed by atoms with Crippen LogP contribution in [0.5, 0.6) is 0 Å². The molecule has 0 spiro atoms. The highest BCUT2D eigenvalue weighted by Crippen LogP contribution is 2.32. The Morgan fingerprint density at radius 1 is 0.603 bits per heavy atom. The molecule has 3 aliphatic rings. The van der Waals surface area contributed by atoms with Crippen LogP contribution in [-0.4, -0.2) is 193 Å². The van der Waals surface area contributed by atoms with Crippen molar-refractivity contribution in [2.45, 2.75) is 189 Å². The van der Waals surface area contributed by atoms with Gasteiger partial charge in [0.1, 0.15) is 73.2 Å². The summed E-state index contributed by atoms with van der Waals surface area (Å²) < 4.78 is 33.7. The molecule has 338 valence electrons.